The van der Waals surface area contributed by atoms with Crippen LogP contribution in [-0.4, -0.2) is 24.5 Å². The molecule has 2 rings (SSSR count). The molecule has 20 heavy (non-hydrogen) atoms. The fourth-order valence-electron chi connectivity index (χ4n) is 1.39. The van der Waals surface area contributed by atoms with Crippen molar-refractivity contribution in [1.29, 1.82) is 5.26 Å². The largest absolute Gasteiger partial charge is 0.477 e. The molecule has 0 fully saturated rings. The lowest BCUT2D eigenvalue weighted by molar-refractivity contribution is 0.0702. The molecule has 0 radical (unpaired) electrons. The highest BCUT2D eigenvalue weighted by Gasteiger charge is 2.20. The molecule has 0 aromatic carbocycles. The van der Waals surface area contributed by atoms with Gasteiger partial charge >= 0.3 is 5.97 Å². The molecule has 102 valence electrons. The van der Waals surface area contributed by atoms with Crippen molar-refractivity contribution in [2.45, 2.75) is 4.90 Å². The van der Waals surface area contributed by atoms with Gasteiger partial charge in [-0.05, 0) is 24.3 Å². The number of carboxylic acids is 1. The van der Waals surface area contributed by atoms with Crippen LogP contribution in [0.1, 0.15) is 15.4 Å². The van der Waals surface area contributed by atoms with Gasteiger partial charge in [-0.1, -0.05) is 0 Å². The molecule has 0 aliphatic rings. The Kier molecular flexibility index (Phi) is 3.69. The van der Waals surface area contributed by atoms with Crippen LogP contribution >= 0.6 is 11.3 Å². The number of carboxylic acid groups (broad SMARTS) is 1. The molecule has 9 heteroatoms. The van der Waals surface area contributed by atoms with E-state index in [4.69, 9.17) is 10.4 Å². The number of hydrogen-bond donors (Lipinski definition) is 2. The van der Waals surface area contributed by atoms with Crippen molar-refractivity contribution >= 4 is 32.3 Å². The smallest absolute Gasteiger partial charge is 0.345 e. The molecule has 0 saturated carbocycles. The summed E-state index contributed by atoms with van der Waals surface area (Å²) in [5, 5.41) is 17.8. The maximum atomic E-state index is 12.1. The van der Waals surface area contributed by atoms with E-state index in [1.165, 1.54) is 30.5 Å². The highest BCUT2D eigenvalue weighted by molar-refractivity contribution is 7.93. The van der Waals surface area contributed by atoms with Crippen LogP contribution in [0.2, 0.25) is 0 Å². The van der Waals surface area contributed by atoms with Crippen molar-refractivity contribution in [3.8, 4) is 6.07 Å². The van der Waals surface area contributed by atoms with Crippen LogP contribution in [0.3, 0.4) is 0 Å². The highest BCUT2D eigenvalue weighted by atomic mass is 32.2. The number of hydrogen-bond acceptors (Lipinski definition) is 6. The third-order valence-corrected chi connectivity index (χ3v) is 4.73. The first-order valence-corrected chi connectivity index (χ1v) is 7.45. The highest BCUT2D eigenvalue weighted by Crippen LogP contribution is 2.25. The first kappa shape index (κ1) is 14.0. The molecule has 2 heterocycles. The molecular weight excluding hydrogens is 302 g/mol. The van der Waals surface area contributed by atoms with Crippen molar-refractivity contribution < 1.29 is 18.3 Å². The zero-order chi connectivity index (χ0) is 14.8. The molecule has 0 unspecified atom stereocenters. The van der Waals surface area contributed by atoms with Crippen LogP contribution in [0.15, 0.2) is 35.4 Å². The molecule has 0 amide bonds. The van der Waals surface area contributed by atoms with Crippen molar-refractivity contribution in [2.24, 2.45) is 0 Å². The predicted molar refractivity (Wildman–Crippen MR) is 71.0 cm³/mol. The Morgan fingerprint density at radius 1 is 1.40 bits per heavy atom. The van der Waals surface area contributed by atoms with E-state index in [2.05, 4.69) is 9.71 Å². The van der Waals surface area contributed by atoms with Crippen LogP contribution in [0.5, 0.6) is 0 Å². The lowest BCUT2D eigenvalue weighted by atomic mass is 10.4. The second-order valence-electron chi connectivity index (χ2n) is 3.54. The molecule has 0 aliphatic carbocycles. The van der Waals surface area contributed by atoms with Crippen molar-refractivity contribution in [3.05, 3.63) is 41.0 Å². The zero-order valence-electron chi connectivity index (χ0n) is 9.77. The summed E-state index contributed by atoms with van der Waals surface area (Å²) in [4.78, 5) is 14.1. The number of anilines is 1. The SMILES string of the molecule is N#Cc1ncccc1S(=O)(=O)Nc1ccc(C(=O)O)s1. The lowest BCUT2D eigenvalue weighted by Crippen LogP contribution is -2.14. The first-order valence-electron chi connectivity index (χ1n) is 5.15. The van der Waals surface area contributed by atoms with Crippen LogP contribution in [0, 0.1) is 11.3 Å². The number of sulfonamides is 1. The van der Waals surface area contributed by atoms with Gasteiger partial charge in [-0.25, -0.2) is 18.2 Å². The van der Waals surface area contributed by atoms with E-state index in [-0.39, 0.29) is 20.5 Å². The van der Waals surface area contributed by atoms with Gasteiger partial charge in [0.25, 0.3) is 10.0 Å². The summed E-state index contributed by atoms with van der Waals surface area (Å²) >= 11 is 0.783. The van der Waals surface area contributed by atoms with E-state index in [1.54, 1.807) is 6.07 Å². The number of aromatic carboxylic acids is 1. The third kappa shape index (κ3) is 2.76. The van der Waals surface area contributed by atoms with Gasteiger partial charge in [0.1, 0.15) is 20.8 Å². The second kappa shape index (κ2) is 5.28. The summed E-state index contributed by atoms with van der Waals surface area (Å²) in [6, 6.07) is 6.97. The van der Waals surface area contributed by atoms with E-state index in [0.29, 0.717) is 0 Å². The Bertz CT molecular complexity index is 805. The number of rotatable bonds is 4. The van der Waals surface area contributed by atoms with Crippen LogP contribution in [0.25, 0.3) is 0 Å². The number of nitrogens with zero attached hydrogens (tertiary/aromatic N) is 2. The Balaban J connectivity index is 2.36. The normalized spacial score (nSPS) is 10.8. The monoisotopic (exact) mass is 309 g/mol. The van der Waals surface area contributed by atoms with Gasteiger partial charge in [-0.15, -0.1) is 11.3 Å². The quantitative estimate of drug-likeness (QED) is 0.883. The molecule has 2 aromatic rings. The van der Waals surface area contributed by atoms with Crippen molar-refractivity contribution in [1.82, 2.24) is 4.98 Å². The van der Waals surface area contributed by atoms with Crippen LogP contribution in [-0.2, 0) is 10.0 Å². The summed E-state index contributed by atoms with van der Waals surface area (Å²) < 4.78 is 26.5. The molecule has 0 aliphatic heterocycles. The number of aromatic nitrogens is 1. The number of pyridine rings is 1. The maximum absolute atomic E-state index is 12.1. The number of nitrogens with one attached hydrogen (secondary N) is 1. The van der Waals surface area contributed by atoms with Gasteiger partial charge in [0.15, 0.2) is 5.69 Å². The average Bonchev–Trinajstić information content (AvgIpc) is 2.86. The van der Waals surface area contributed by atoms with Gasteiger partial charge in [-0.2, -0.15) is 5.26 Å². The molecular formula is C11H7N3O4S2. The van der Waals surface area contributed by atoms with E-state index < -0.39 is 16.0 Å². The second-order valence-corrected chi connectivity index (χ2v) is 6.27. The lowest BCUT2D eigenvalue weighted by Gasteiger charge is -2.06. The fraction of sp³-hybridized carbons (Fsp3) is 0. The molecule has 0 spiro atoms. The number of carbonyl (C=O) groups is 1. The van der Waals surface area contributed by atoms with Crippen LogP contribution < -0.4 is 4.72 Å². The topological polar surface area (TPSA) is 120 Å². The minimum Gasteiger partial charge on any atom is -0.477 e. The molecule has 2 N–H and O–H groups in total. The summed E-state index contributed by atoms with van der Waals surface area (Å²) in [5.41, 5.74) is -0.227. The Morgan fingerprint density at radius 2 is 2.15 bits per heavy atom. The van der Waals surface area contributed by atoms with Gasteiger partial charge in [0.05, 0.1) is 0 Å². The Hall–Kier alpha value is -2.44. The van der Waals surface area contributed by atoms with E-state index in [1.807, 2.05) is 0 Å². The van der Waals surface area contributed by atoms with E-state index >= 15 is 0 Å². The molecule has 7 nitrogen and oxygen atoms in total. The predicted octanol–water partition coefficient (Wildman–Crippen LogP) is 1.51. The average molecular weight is 309 g/mol. The summed E-state index contributed by atoms with van der Waals surface area (Å²) in [5.74, 6) is -1.14. The standard InChI is InChI=1S/C11H7N3O4S2/c12-6-7-9(2-1-5-13-7)20(17,18)14-10-4-3-8(19-10)11(15)16/h1-5,14H,(H,15,16). The summed E-state index contributed by atoms with van der Waals surface area (Å²) in [6.45, 7) is 0. The van der Waals surface area contributed by atoms with Gasteiger partial charge in [-0.3, -0.25) is 4.72 Å². The van der Waals surface area contributed by atoms with Crippen molar-refractivity contribution in [2.75, 3.05) is 4.72 Å². The molecule has 0 bridgehead atoms. The van der Waals surface area contributed by atoms with Gasteiger partial charge in [0.2, 0.25) is 0 Å². The number of thiophene rings is 1. The van der Waals surface area contributed by atoms with E-state index in [0.717, 1.165) is 11.3 Å². The fourth-order valence-corrected chi connectivity index (χ4v) is 3.53. The summed E-state index contributed by atoms with van der Waals surface area (Å²) in [6.07, 6.45) is 1.31. The minimum atomic E-state index is -3.99. The summed E-state index contributed by atoms with van der Waals surface area (Å²) in [7, 11) is -3.99. The Labute approximate surface area is 118 Å². The van der Waals surface area contributed by atoms with Crippen molar-refractivity contribution in [3.63, 3.8) is 0 Å². The first-order chi connectivity index (χ1) is 9.44. The molecule has 2 aromatic heterocycles. The van der Waals surface area contributed by atoms with Gasteiger partial charge < -0.3 is 5.11 Å². The third-order valence-electron chi connectivity index (χ3n) is 2.22. The molecule has 0 saturated heterocycles. The zero-order valence-corrected chi connectivity index (χ0v) is 11.4. The Morgan fingerprint density at radius 3 is 2.75 bits per heavy atom. The maximum Gasteiger partial charge on any atom is 0.345 e. The number of nitriles is 1. The molecule has 0 atom stereocenters. The van der Waals surface area contributed by atoms with Crippen LogP contribution in [0.4, 0.5) is 5.00 Å². The minimum absolute atomic E-state index is 0.00870. The van der Waals surface area contributed by atoms with Gasteiger partial charge in [0, 0.05) is 6.20 Å². The van der Waals surface area contributed by atoms with E-state index in [9.17, 15) is 13.2 Å².